The van der Waals surface area contributed by atoms with Gasteiger partial charge in [0.15, 0.2) is 5.17 Å². The molecular weight excluding hydrogens is 408 g/mol. The quantitative estimate of drug-likeness (QED) is 0.818. The first-order valence-corrected chi connectivity index (χ1v) is 10.9. The van der Waals surface area contributed by atoms with Crippen LogP contribution >= 0.6 is 11.8 Å². The molecule has 0 atom stereocenters. The first-order valence-electron chi connectivity index (χ1n) is 8.46. The van der Waals surface area contributed by atoms with E-state index in [9.17, 15) is 22.0 Å². The molecular formula is C18H15F2N3O3S2. The summed E-state index contributed by atoms with van der Waals surface area (Å²) >= 11 is 1.21. The van der Waals surface area contributed by atoms with Crippen LogP contribution in [0, 0.1) is 11.6 Å². The topological polar surface area (TPSA) is 78.8 Å². The van der Waals surface area contributed by atoms with Crippen molar-refractivity contribution in [2.24, 2.45) is 4.40 Å². The molecule has 0 saturated heterocycles. The molecule has 1 N–H and O–H groups in total. The van der Waals surface area contributed by atoms with Crippen LogP contribution in [0.15, 0.2) is 45.7 Å². The first-order chi connectivity index (χ1) is 13.3. The summed E-state index contributed by atoms with van der Waals surface area (Å²) in [6.07, 6.45) is 0.294. The van der Waals surface area contributed by atoms with Crippen molar-refractivity contribution in [3.8, 4) is 0 Å². The van der Waals surface area contributed by atoms with Crippen molar-refractivity contribution in [1.29, 1.82) is 0 Å². The number of benzene rings is 2. The lowest BCUT2D eigenvalue weighted by molar-refractivity contribution is 0.0954. The number of carbonyl (C=O) groups is 1. The second-order valence-corrected chi connectivity index (χ2v) is 9.14. The van der Waals surface area contributed by atoms with E-state index in [0.29, 0.717) is 29.3 Å². The van der Waals surface area contributed by atoms with Gasteiger partial charge in [-0.3, -0.25) is 4.79 Å². The average molecular weight is 423 g/mol. The van der Waals surface area contributed by atoms with E-state index in [1.807, 2.05) is 4.90 Å². The first kappa shape index (κ1) is 18.9. The molecule has 28 heavy (non-hydrogen) atoms. The number of nitrogens with zero attached hydrogens (tertiary/aromatic N) is 2. The Bertz CT molecular complexity index is 1080. The molecule has 1 amide bonds. The second-order valence-electron chi connectivity index (χ2n) is 6.38. The van der Waals surface area contributed by atoms with Crippen molar-refractivity contribution >= 4 is 38.5 Å². The van der Waals surface area contributed by atoms with Crippen molar-refractivity contribution < 1.29 is 22.0 Å². The molecule has 146 valence electrons. The van der Waals surface area contributed by atoms with Gasteiger partial charge in [0.1, 0.15) is 11.6 Å². The SMILES string of the molecule is O=C(NCCc1cc(F)cc(F)c1)c1ccc2c(c1)SC1=NS(=O)(=O)CCN12. The van der Waals surface area contributed by atoms with Crippen LogP contribution in [0.2, 0.25) is 0 Å². The Balaban J connectivity index is 1.43. The molecule has 2 aliphatic rings. The summed E-state index contributed by atoms with van der Waals surface area (Å²) < 4.78 is 53.5. The summed E-state index contributed by atoms with van der Waals surface area (Å²) in [5.74, 6) is -1.67. The Morgan fingerprint density at radius 2 is 1.93 bits per heavy atom. The van der Waals surface area contributed by atoms with Crippen LogP contribution in [0.5, 0.6) is 0 Å². The number of amidine groups is 1. The highest BCUT2D eigenvalue weighted by Gasteiger charge is 2.33. The third-order valence-electron chi connectivity index (χ3n) is 4.36. The number of fused-ring (bicyclic) bond motifs is 3. The number of thioether (sulfide) groups is 1. The molecule has 0 radical (unpaired) electrons. The average Bonchev–Trinajstić information content (AvgIpc) is 2.95. The highest BCUT2D eigenvalue weighted by molar-refractivity contribution is 8.15. The van der Waals surface area contributed by atoms with Crippen LogP contribution in [0.25, 0.3) is 0 Å². The smallest absolute Gasteiger partial charge is 0.257 e. The summed E-state index contributed by atoms with van der Waals surface area (Å²) in [4.78, 5) is 15.0. The third-order valence-corrected chi connectivity index (χ3v) is 6.66. The number of nitrogens with one attached hydrogen (secondary N) is 1. The van der Waals surface area contributed by atoms with Crippen molar-refractivity contribution in [3.63, 3.8) is 0 Å². The van der Waals surface area contributed by atoms with Gasteiger partial charge in [0.25, 0.3) is 15.9 Å². The second kappa shape index (κ2) is 7.17. The van der Waals surface area contributed by atoms with E-state index in [-0.39, 0.29) is 18.2 Å². The van der Waals surface area contributed by atoms with Gasteiger partial charge >= 0.3 is 0 Å². The molecule has 2 heterocycles. The van der Waals surface area contributed by atoms with Crippen LogP contribution in [0.1, 0.15) is 15.9 Å². The number of sulfonamides is 1. The summed E-state index contributed by atoms with van der Waals surface area (Å²) in [6, 6.07) is 8.36. The van der Waals surface area contributed by atoms with Gasteiger partial charge in [-0.05, 0) is 54.1 Å². The highest BCUT2D eigenvalue weighted by atomic mass is 32.2. The lowest BCUT2D eigenvalue weighted by Gasteiger charge is -2.22. The van der Waals surface area contributed by atoms with Crippen LogP contribution < -0.4 is 10.2 Å². The number of amides is 1. The molecule has 2 aliphatic heterocycles. The number of hydrogen-bond acceptors (Lipinski definition) is 5. The fourth-order valence-electron chi connectivity index (χ4n) is 3.05. The standard InChI is InChI=1S/C18H15F2N3O3S2/c19-13-7-11(8-14(20)10-13)3-4-21-17(24)12-1-2-15-16(9-12)27-18-22-28(25,26)6-5-23(15)18/h1-2,7-10H,3-6H2,(H,21,24). The fraction of sp³-hybridized carbons (Fsp3) is 0.222. The predicted molar refractivity (Wildman–Crippen MR) is 103 cm³/mol. The van der Waals surface area contributed by atoms with Crippen molar-refractivity contribution in [2.75, 3.05) is 23.7 Å². The maximum absolute atomic E-state index is 13.2. The minimum Gasteiger partial charge on any atom is -0.352 e. The molecule has 0 spiro atoms. The Hall–Kier alpha value is -2.46. The van der Waals surface area contributed by atoms with E-state index in [0.717, 1.165) is 16.6 Å². The van der Waals surface area contributed by atoms with E-state index >= 15 is 0 Å². The highest BCUT2D eigenvalue weighted by Crippen LogP contribution is 2.42. The van der Waals surface area contributed by atoms with Gasteiger partial charge in [0.2, 0.25) is 0 Å². The molecule has 10 heteroatoms. The van der Waals surface area contributed by atoms with Crippen LogP contribution in [0.4, 0.5) is 14.5 Å². The van der Waals surface area contributed by atoms with Gasteiger partial charge in [-0.25, -0.2) is 17.2 Å². The summed E-state index contributed by atoms with van der Waals surface area (Å²) in [5, 5.41) is 3.12. The largest absolute Gasteiger partial charge is 0.352 e. The Morgan fingerprint density at radius 1 is 1.18 bits per heavy atom. The predicted octanol–water partition coefficient (Wildman–Crippen LogP) is 2.55. The number of hydrogen-bond donors (Lipinski definition) is 1. The van der Waals surface area contributed by atoms with Crippen LogP contribution in [-0.4, -0.2) is 38.3 Å². The van der Waals surface area contributed by atoms with E-state index in [1.54, 1.807) is 18.2 Å². The molecule has 6 nitrogen and oxygen atoms in total. The summed E-state index contributed by atoms with van der Waals surface area (Å²) in [7, 11) is -3.43. The van der Waals surface area contributed by atoms with Gasteiger partial charge in [-0.1, -0.05) is 0 Å². The minimum atomic E-state index is -3.43. The zero-order valence-electron chi connectivity index (χ0n) is 14.5. The van der Waals surface area contributed by atoms with Crippen LogP contribution in [-0.2, 0) is 16.4 Å². The number of carbonyl (C=O) groups excluding carboxylic acids is 1. The molecule has 0 saturated carbocycles. The normalized spacial score (nSPS) is 16.9. The van der Waals surface area contributed by atoms with Gasteiger partial charge < -0.3 is 10.2 Å². The van der Waals surface area contributed by atoms with Gasteiger partial charge in [0.05, 0.1) is 11.4 Å². The maximum atomic E-state index is 13.2. The lowest BCUT2D eigenvalue weighted by atomic mass is 10.1. The molecule has 2 aromatic carbocycles. The van der Waals surface area contributed by atoms with Crippen molar-refractivity contribution in [1.82, 2.24) is 5.32 Å². The van der Waals surface area contributed by atoms with Crippen molar-refractivity contribution in [3.05, 3.63) is 59.2 Å². The zero-order chi connectivity index (χ0) is 19.9. The van der Waals surface area contributed by atoms with Gasteiger partial charge in [-0.2, -0.15) is 0 Å². The van der Waals surface area contributed by atoms with Gasteiger partial charge in [-0.15, -0.1) is 4.40 Å². The zero-order valence-corrected chi connectivity index (χ0v) is 16.1. The summed E-state index contributed by atoms with van der Waals surface area (Å²) in [6.45, 7) is 0.555. The van der Waals surface area contributed by atoms with E-state index in [4.69, 9.17) is 0 Å². The minimum absolute atomic E-state index is 0.0422. The lowest BCUT2D eigenvalue weighted by Crippen LogP contribution is -2.35. The number of rotatable bonds is 4. The fourth-order valence-corrected chi connectivity index (χ4v) is 5.35. The molecule has 0 aliphatic carbocycles. The van der Waals surface area contributed by atoms with Crippen molar-refractivity contribution in [2.45, 2.75) is 11.3 Å². The number of anilines is 1. The molecule has 0 bridgehead atoms. The van der Waals surface area contributed by atoms with E-state index < -0.39 is 21.7 Å². The Labute approximate surface area is 164 Å². The third kappa shape index (κ3) is 3.88. The van der Waals surface area contributed by atoms with Gasteiger partial charge in [0, 0.05) is 29.6 Å². The van der Waals surface area contributed by atoms with E-state index in [1.165, 1.54) is 23.9 Å². The maximum Gasteiger partial charge on any atom is 0.257 e. The monoisotopic (exact) mass is 423 g/mol. The Morgan fingerprint density at radius 3 is 2.68 bits per heavy atom. The summed E-state index contributed by atoms with van der Waals surface area (Å²) in [5.41, 5.74) is 1.70. The Kier molecular flexibility index (Phi) is 4.84. The molecule has 0 fully saturated rings. The molecule has 0 aromatic heterocycles. The van der Waals surface area contributed by atoms with E-state index in [2.05, 4.69) is 9.71 Å². The van der Waals surface area contributed by atoms with Crippen LogP contribution in [0.3, 0.4) is 0 Å². The molecule has 2 aromatic rings. The molecule has 4 rings (SSSR count). The number of halogens is 2. The molecule has 0 unspecified atom stereocenters.